The maximum absolute atomic E-state index is 12.1. The summed E-state index contributed by atoms with van der Waals surface area (Å²) in [6.07, 6.45) is 2.34. The van der Waals surface area contributed by atoms with Gasteiger partial charge < -0.3 is 14.4 Å². The van der Waals surface area contributed by atoms with Crippen molar-refractivity contribution < 1.29 is 9.32 Å². The fraction of sp³-hybridized carbons (Fsp3) is 0.294. The van der Waals surface area contributed by atoms with Gasteiger partial charge in [0.15, 0.2) is 0 Å². The summed E-state index contributed by atoms with van der Waals surface area (Å²) < 4.78 is 8.26. The van der Waals surface area contributed by atoms with E-state index in [1.807, 2.05) is 26.1 Å². The Bertz CT molecular complexity index is 831. The second-order valence-electron chi connectivity index (χ2n) is 5.54. The average molecular weight is 376 g/mol. The van der Waals surface area contributed by atoms with Crippen LogP contribution in [0.15, 0.2) is 39.5 Å². The monoisotopic (exact) mass is 375 g/mol. The van der Waals surface area contributed by atoms with Crippen molar-refractivity contribution in [2.75, 3.05) is 6.54 Å². The highest BCUT2D eigenvalue weighted by Gasteiger charge is 2.13. The van der Waals surface area contributed by atoms with E-state index in [1.54, 1.807) is 0 Å². The summed E-state index contributed by atoms with van der Waals surface area (Å²) in [5.41, 5.74) is 2.80. The minimum absolute atomic E-state index is 0.0166. The molecule has 1 aromatic carbocycles. The first kappa shape index (κ1) is 15.8. The Balaban J connectivity index is 1.58. The second kappa shape index (κ2) is 6.58. The van der Waals surface area contributed by atoms with E-state index in [1.165, 1.54) is 5.39 Å². The molecule has 120 valence electrons. The second-order valence-corrected chi connectivity index (χ2v) is 6.46. The number of amides is 1. The van der Waals surface area contributed by atoms with Crippen LogP contribution < -0.4 is 5.32 Å². The molecule has 0 spiro atoms. The molecule has 2 heterocycles. The van der Waals surface area contributed by atoms with Crippen molar-refractivity contribution in [3.63, 3.8) is 0 Å². The van der Waals surface area contributed by atoms with Crippen molar-refractivity contribution in [1.82, 2.24) is 15.0 Å². The third-order valence-electron chi connectivity index (χ3n) is 3.93. The van der Waals surface area contributed by atoms with Crippen molar-refractivity contribution in [2.24, 2.45) is 0 Å². The number of fused-ring (bicyclic) bond motifs is 1. The minimum Gasteiger partial charge on any atom is -0.361 e. The van der Waals surface area contributed by atoms with Crippen LogP contribution in [0.3, 0.4) is 0 Å². The van der Waals surface area contributed by atoms with E-state index >= 15 is 0 Å². The lowest BCUT2D eigenvalue weighted by molar-refractivity contribution is -0.120. The largest absolute Gasteiger partial charge is 0.361 e. The number of benzene rings is 1. The maximum atomic E-state index is 12.1. The van der Waals surface area contributed by atoms with Gasteiger partial charge in [-0.1, -0.05) is 27.2 Å². The predicted molar refractivity (Wildman–Crippen MR) is 92.3 cm³/mol. The smallest absolute Gasteiger partial charge is 0.224 e. The van der Waals surface area contributed by atoms with Gasteiger partial charge in [0.2, 0.25) is 5.91 Å². The summed E-state index contributed by atoms with van der Waals surface area (Å²) in [6.45, 7) is 4.99. The molecule has 0 saturated carbocycles. The molecule has 1 amide bonds. The molecule has 0 aliphatic heterocycles. The van der Waals surface area contributed by atoms with E-state index in [0.717, 1.165) is 27.8 Å². The van der Waals surface area contributed by atoms with E-state index in [2.05, 4.69) is 49.2 Å². The Morgan fingerprint density at radius 2 is 2.17 bits per heavy atom. The normalized spacial score (nSPS) is 11.1. The summed E-state index contributed by atoms with van der Waals surface area (Å²) in [6, 6.07) is 8.26. The zero-order valence-corrected chi connectivity index (χ0v) is 14.7. The molecule has 0 fully saturated rings. The van der Waals surface area contributed by atoms with Gasteiger partial charge >= 0.3 is 0 Å². The maximum Gasteiger partial charge on any atom is 0.224 e. The van der Waals surface area contributed by atoms with Crippen molar-refractivity contribution in [3.05, 3.63) is 52.0 Å². The fourth-order valence-corrected chi connectivity index (χ4v) is 2.99. The molecule has 0 saturated heterocycles. The molecule has 6 heteroatoms. The first-order valence-corrected chi connectivity index (χ1v) is 8.27. The molecule has 0 aliphatic carbocycles. The van der Waals surface area contributed by atoms with Crippen LogP contribution in [-0.4, -0.2) is 22.2 Å². The zero-order valence-electron chi connectivity index (χ0n) is 13.1. The first-order valence-electron chi connectivity index (χ1n) is 7.47. The Morgan fingerprint density at radius 3 is 2.91 bits per heavy atom. The summed E-state index contributed by atoms with van der Waals surface area (Å²) in [4.78, 5) is 12.1. The molecule has 5 nitrogen and oxygen atoms in total. The number of carbonyl (C=O) groups excluding carboxylic acids is 1. The molecule has 23 heavy (non-hydrogen) atoms. The van der Waals surface area contributed by atoms with Crippen LogP contribution >= 0.6 is 15.9 Å². The number of nitrogens with one attached hydrogen (secondary N) is 1. The molecule has 0 aliphatic rings. The molecular formula is C17H18BrN3O2. The van der Waals surface area contributed by atoms with Gasteiger partial charge in [-0.3, -0.25) is 4.79 Å². The highest BCUT2D eigenvalue weighted by Crippen LogP contribution is 2.20. The van der Waals surface area contributed by atoms with E-state index < -0.39 is 0 Å². The molecule has 3 aromatic rings. The van der Waals surface area contributed by atoms with Gasteiger partial charge in [-0.25, -0.2) is 0 Å². The van der Waals surface area contributed by atoms with Gasteiger partial charge in [0, 0.05) is 34.8 Å². The van der Waals surface area contributed by atoms with Crippen molar-refractivity contribution in [1.29, 1.82) is 0 Å². The van der Waals surface area contributed by atoms with Crippen LogP contribution in [0.4, 0.5) is 0 Å². The number of carbonyl (C=O) groups is 1. The molecular weight excluding hydrogens is 358 g/mol. The van der Waals surface area contributed by atoms with Crippen LogP contribution in [0.1, 0.15) is 17.0 Å². The summed E-state index contributed by atoms with van der Waals surface area (Å²) in [5.74, 6) is 0.691. The molecule has 0 radical (unpaired) electrons. The molecule has 1 N–H and O–H groups in total. The van der Waals surface area contributed by atoms with Gasteiger partial charge in [-0.05, 0) is 37.4 Å². The quantitative estimate of drug-likeness (QED) is 0.743. The summed E-state index contributed by atoms with van der Waals surface area (Å²) in [5, 5.41) is 8.01. The number of aryl methyl sites for hydroxylation is 2. The number of nitrogens with zero attached hydrogens (tertiary/aromatic N) is 2. The predicted octanol–water partition coefficient (Wildman–Crippen LogP) is 3.37. The third kappa shape index (κ3) is 3.47. The standard InChI is InChI=1S/C17H18BrN3O2/c1-11-15(12(2)23-20-11)10-17(22)19-6-8-21-7-5-13-3-4-14(18)9-16(13)21/h3-5,7,9H,6,8,10H2,1-2H3,(H,19,22). The van der Waals surface area contributed by atoms with E-state index in [-0.39, 0.29) is 5.91 Å². The Kier molecular flexibility index (Phi) is 4.52. The van der Waals surface area contributed by atoms with Gasteiger partial charge in [-0.2, -0.15) is 0 Å². The Morgan fingerprint density at radius 1 is 1.35 bits per heavy atom. The number of aromatic nitrogens is 2. The highest BCUT2D eigenvalue weighted by atomic mass is 79.9. The number of hydrogen-bond donors (Lipinski definition) is 1. The molecule has 2 aromatic heterocycles. The van der Waals surface area contributed by atoms with Crippen LogP contribution in [0.5, 0.6) is 0 Å². The van der Waals surface area contributed by atoms with Gasteiger partial charge in [0.1, 0.15) is 5.76 Å². The van der Waals surface area contributed by atoms with Crippen LogP contribution in [0.25, 0.3) is 10.9 Å². The average Bonchev–Trinajstić information content (AvgIpc) is 3.05. The number of hydrogen-bond acceptors (Lipinski definition) is 3. The topological polar surface area (TPSA) is 60.1 Å². The zero-order chi connectivity index (χ0) is 16.4. The van der Waals surface area contributed by atoms with E-state index in [9.17, 15) is 4.79 Å². The minimum atomic E-state index is -0.0166. The highest BCUT2D eigenvalue weighted by molar-refractivity contribution is 9.10. The van der Waals surface area contributed by atoms with Crippen molar-refractivity contribution >= 4 is 32.7 Å². The van der Waals surface area contributed by atoms with Crippen LogP contribution in [0.2, 0.25) is 0 Å². The molecule has 0 atom stereocenters. The van der Waals surface area contributed by atoms with Gasteiger partial charge in [-0.15, -0.1) is 0 Å². The van der Waals surface area contributed by atoms with E-state index in [0.29, 0.717) is 18.7 Å². The Hall–Kier alpha value is -2.08. The fourth-order valence-electron chi connectivity index (χ4n) is 2.65. The SMILES string of the molecule is Cc1noc(C)c1CC(=O)NCCn1ccc2ccc(Br)cc21. The molecule has 3 rings (SSSR count). The lowest BCUT2D eigenvalue weighted by Crippen LogP contribution is -2.28. The number of halogens is 1. The lowest BCUT2D eigenvalue weighted by Gasteiger charge is -2.08. The Labute approximate surface area is 142 Å². The van der Waals surface area contributed by atoms with Crippen molar-refractivity contribution in [3.8, 4) is 0 Å². The van der Waals surface area contributed by atoms with Crippen LogP contribution in [-0.2, 0) is 17.8 Å². The van der Waals surface area contributed by atoms with Gasteiger partial charge in [0.25, 0.3) is 0 Å². The van der Waals surface area contributed by atoms with Crippen molar-refractivity contribution in [2.45, 2.75) is 26.8 Å². The summed E-state index contributed by atoms with van der Waals surface area (Å²) in [7, 11) is 0. The lowest BCUT2D eigenvalue weighted by atomic mass is 10.1. The van der Waals surface area contributed by atoms with Gasteiger partial charge in [0.05, 0.1) is 12.1 Å². The first-order chi connectivity index (χ1) is 11.0. The number of rotatable bonds is 5. The molecule has 0 unspecified atom stereocenters. The van der Waals surface area contributed by atoms with E-state index in [4.69, 9.17) is 4.52 Å². The van der Waals surface area contributed by atoms with Crippen LogP contribution in [0, 0.1) is 13.8 Å². The third-order valence-corrected chi connectivity index (χ3v) is 4.42. The summed E-state index contributed by atoms with van der Waals surface area (Å²) >= 11 is 3.49. The molecule has 0 bridgehead atoms.